The van der Waals surface area contributed by atoms with E-state index in [1.807, 2.05) is 0 Å². The largest absolute Gasteiger partial charge is 0.573 e. The van der Waals surface area contributed by atoms with Gasteiger partial charge in [0, 0.05) is 18.2 Å². The molecular weight excluding hydrogens is 285 g/mol. The molecule has 1 aromatic rings. The van der Waals surface area contributed by atoms with Crippen molar-refractivity contribution in [1.82, 2.24) is 10.6 Å². The van der Waals surface area contributed by atoms with Crippen LogP contribution in [0, 0.1) is 0 Å². The van der Waals surface area contributed by atoms with Gasteiger partial charge in [-0.3, -0.25) is 10.1 Å². The highest BCUT2D eigenvalue weighted by Crippen LogP contribution is 2.30. The van der Waals surface area contributed by atoms with E-state index in [0.717, 1.165) is 6.42 Å². The van der Waals surface area contributed by atoms with Crippen LogP contribution in [0.15, 0.2) is 24.3 Å². The molecule has 1 aliphatic heterocycles. The number of hydrogen-bond acceptors (Lipinski definition) is 3. The number of amides is 1. The van der Waals surface area contributed by atoms with Crippen molar-refractivity contribution in [3.63, 3.8) is 0 Å². The summed E-state index contributed by atoms with van der Waals surface area (Å²) in [5.41, 5.74) is 0.369. The highest BCUT2D eigenvalue weighted by atomic mass is 19.4. The van der Waals surface area contributed by atoms with Crippen LogP contribution in [0.2, 0.25) is 0 Å². The molecule has 0 saturated carbocycles. The monoisotopic (exact) mass is 302 g/mol. The van der Waals surface area contributed by atoms with Crippen molar-refractivity contribution in [1.29, 1.82) is 0 Å². The Morgan fingerprint density at radius 3 is 2.76 bits per heavy atom. The molecule has 21 heavy (non-hydrogen) atoms. The number of alkyl halides is 3. The predicted molar refractivity (Wildman–Crippen MR) is 70.7 cm³/mol. The van der Waals surface area contributed by atoms with E-state index >= 15 is 0 Å². The van der Waals surface area contributed by atoms with E-state index in [9.17, 15) is 18.0 Å². The van der Waals surface area contributed by atoms with Crippen molar-refractivity contribution in [3.8, 4) is 5.75 Å². The fourth-order valence-corrected chi connectivity index (χ4v) is 2.38. The third-order valence-corrected chi connectivity index (χ3v) is 3.35. The van der Waals surface area contributed by atoms with Crippen LogP contribution in [0.1, 0.15) is 31.4 Å². The lowest BCUT2D eigenvalue weighted by molar-refractivity contribution is -0.275. The van der Waals surface area contributed by atoms with Crippen molar-refractivity contribution in [3.05, 3.63) is 29.8 Å². The second-order valence-electron chi connectivity index (χ2n) is 4.96. The van der Waals surface area contributed by atoms with E-state index in [2.05, 4.69) is 15.4 Å². The molecular formula is C14H17F3N2O2. The van der Waals surface area contributed by atoms with Crippen LogP contribution in [0.3, 0.4) is 0 Å². The topological polar surface area (TPSA) is 50.4 Å². The van der Waals surface area contributed by atoms with Crippen LogP contribution in [-0.4, -0.2) is 24.9 Å². The first-order valence-corrected chi connectivity index (χ1v) is 6.75. The van der Waals surface area contributed by atoms with Gasteiger partial charge in [0.1, 0.15) is 5.75 Å². The van der Waals surface area contributed by atoms with Crippen molar-refractivity contribution in [2.75, 3.05) is 6.54 Å². The van der Waals surface area contributed by atoms with Crippen LogP contribution >= 0.6 is 0 Å². The Hall–Kier alpha value is -1.76. The molecule has 1 saturated heterocycles. The van der Waals surface area contributed by atoms with Crippen LogP contribution < -0.4 is 15.4 Å². The fraction of sp³-hybridized carbons (Fsp3) is 0.500. The zero-order chi connectivity index (χ0) is 15.5. The third-order valence-electron chi connectivity index (χ3n) is 3.35. The molecule has 0 radical (unpaired) electrons. The molecule has 4 nitrogen and oxygen atoms in total. The van der Waals surface area contributed by atoms with E-state index in [0.29, 0.717) is 18.5 Å². The van der Waals surface area contributed by atoms with Crippen molar-refractivity contribution in [2.24, 2.45) is 0 Å². The first-order chi connectivity index (χ1) is 9.87. The van der Waals surface area contributed by atoms with E-state index in [1.165, 1.54) is 12.1 Å². The van der Waals surface area contributed by atoms with Gasteiger partial charge in [0.2, 0.25) is 5.91 Å². The normalized spacial score (nSPS) is 20.8. The minimum atomic E-state index is -4.74. The number of ether oxygens (including phenoxy) is 1. The molecule has 1 heterocycles. The summed E-state index contributed by atoms with van der Waals surface area (Å²) in [6, 6.07) is 5.11. The Morgan fingerprint density at radius 2 is 2.10 bits per heavy atom. The maximum Gasteiger partial charge on any atom is 0.573 e. The summed E-state index contributed by atoms with van der Waals surface area (Å²) < 4.78 is 41.2. The van der Waals surface area contributed by atoms with Crippen LogP contribution in [0.4, 0.5) is 13.2 Å². The molecule has 1 amide bonds. The SMILES string of the molecule is C[C@@H](N[C@H]1CCCNC1=O)c1ccccc1OC(F)(F)F. The van der Waals surface area contributed by atoms with Gasteiger partial charge >= 0.3 is 6.36 Å². The van der Waals surface area contributed by atoms with Gasteiger partial charge in [-0.2, -0.15) is 0 Å². The number of hydrogen-bond donors (Lipinski definition) is 2. The quantitative estimate of drug-likeness (QED) is 0.898. The fourth-order valence-electron chi connectivity index (χ4n) is 2.38. The predicted octanol–water partition coefficient (Wildman–Crippen LogP) is 2.51. The molecule has 1 aliphatic rings. The molecule has 116 valence electrons. The molecule has 0 bridgehead atoms. The Balaban J connectivity index is 2.11. The van der Waals surface area contributed by atoms with Gasteiger partial charge in [-0.1, -0.05) is 18.2 Å². The molecule has 0 aliphatic carbocycles. The Bertz CT molecular complexity index is 505. The van der Waals surface area contributed by atoms with Gasteiger partial charge in [0.25, 0.3) is 0 Å². The Kier molecular flexibility index (Phi) is 4.72. The zero-order valence-corrected chi connectivity index (χ0v) is 11.5. The number of benzene rings is 1. The van der Waals surface area contributed by atoms with Crippen molar-refractivity contribution >= 4 is 5.91 Å². The molecule has 2 atom stereocenters. The molecule has 7 heteroatoms. The minimum absolute atomic E-state index is 0.123. The summed E-state index contributed by atoms with van der Waals surface area (Å²) in [6.07, 6.45) is -3.23. The van der Waals surface area contributed by atoms with Crippen LogP contribution in [-0.2, 0) is 4.79 Å². The zero-order valence-electron chi connectivity index (χ0n) is 11.5. The summed E-state index contributed by atoms with van der Waals surface area (Å²) in [7, 11) is 0. The number of nitrogens with one attached hydrogen (secondary N) is 2. The van der Waals surface area contributed by atoms with Gasteiger partial charge in [0.15, 0.2) is 0 Å². The lowest BCUT2D eigenvalue weighted by atomic mass is 10.0. The van der Waals surface area contributed by atoms with Crippen LogP contribution in [0.25, 0.3) is 0 Å². The molecule has 0 spiro atoms. The number of halogens is 3. The standard InChI is InChI=1S/C14H17F3N2O2/c1-9(19-11-6-4-8-18-13(11)20)10-5-2-3-7-12(10)21-14(15,16)17/h2-3,5,7,9,11,19H,4,6,8H2,1H3,(H,18,20)/t9-,11+/m1/s1. The first kappa shape index (κ1) is 15.6. The number of piperidine rings is 1. The van der Waals surface area contributed by atoms with Gasteiger partial charge in [-0.15, -0.1) is 13.2 Å². The second kappa shape index (κ2) is 6.34. The van der Waals surface area contributed by atoms with E-state index < -0.39 is 18.4 Å². The number of carbonyl (C=O) groups excluding carboxylic acids is 1. The lowest BCUT2D eigenvalue weighted by Crippen LogP contribution is -2.48. The summed E-state index contributed by atoms with van der Waals surface area (Å²) in [5, 5.41) is 5.78. The second-order valence-corrected chi connectivity index (χ2v) is 4.96. The summed E-state index contributed by atoms with van der Waals surface area (Å²) in [5.74, 6) is -0.372. The molecule has 2 rings (SSSR count). The third kappa shape index (κ3) is 4.35. The highest BCUT2D eigenvalue weighted by molar-refractivity contribution is 5.82. The summed E-state index contributed by atoms with van der Waals surface area (Å²) in [4.78, 5) is 11.7. The van der Waals surface area contributed by atoms with Gasteiger partial charge in [-0.05, 0) is 25.8 Å². The molecule has 1 aromatic carbocycles. The average molecular weight is 302 g/mol. The van der Waals surface area contributed by atoms with Crippen molar-refractivity contribution < 1.29 is 22.7 Å². The first-order valence-electron chi connectivity index (χ1n) is 6.75. The lowest BCUT2D eigenvalue weighted by Gasteiger charge is -2.27. The Morgan fingerprint density at radius 1 is 1.38 bits per heavy atom. The van der Waals surface area contributed by atoms with Crippen molar-refractivity contribution in [2.45, 2.75) is 38.2 Å². The molecule has 1 fully saturated rings. The molecule has 2 N–H and O–H groups in total. The van der Waals surface area contributed by atoms with E-state index in [1.54, 1.807) is 19.1 Å². The Labute approximate surface area is 120 Å². The number of rotatable bonds is 4. The minimum Gasteiger partial charge on any atom is -0.405 e. The average Bonchev–Trinajstić information content (AvgIpc) is 2.40. The van der Waals surface area contributed by atoms with Gasteiger partial charge in [0.05, 0.1) is 6.04 Å². The summed E-state index contributed by atoms with van der Waals surface area (Å²) >= 11 is 0. The van der Waals surface area contributed by atoms with E-state index in [4.69, 9.17) is 0 Å². The maximum absolute atomic E-state index is 12.4. The highest BCUT2D eigenvalue weighted by Gasteiger charge is 2.33. The maximum atomic E-state index is 12.4. The number of carbonyl (C=O) groups is 1. The number of para-hydroxylation sites is 1. The van der Waals surface area contributed by atoms with Crippen LogP contribution in [0.5, 0.6) is 5.75 Å². The smallest absolute Gasteiger partial charge is 0.405 e. The molecule has 0 unspecified atom stereocenters. The van der Waals surface area contributed by atoms with E-state index in [-0.39, 0.29) is 11.7 Å². The summed E-state index contributed by atoms with van der Waals surface area (Å²) in [6.45, 7) is 2.35. The molecule has 0 aromatic heterocycles. The van der Waals surface area contributed by atoms with Gasteiger partial charge < -0.3 is 10.1 Å². The van der Waals surface area contributed by atoms with Gasteiger partial charge in [-0.25, -0.2) is 0 Å².